The number of methoxy groups -OCH3 is 1. The van der Waals surface area contributed by atoms with Gasteiger partial charge in [0.1, 0.15) is 11.4 Å². The van der Waals surface area contributed by atoms with E-state index in [0.717, 1.165) is 27.9 Å². The first-order valence-corrected chi connectivity index (χ1v) is 6.63. The monoisotopic (exact) mass is 350 g/mol. The number of fused-ring (bicyclic) bond motifs is 1. The summed E-state index contributed by atoms with van der Waals surface area (Å²) in [7, 11) is 1.69. The molecule has 0 aliphatic rings. The summed E-state index contributed by atoms with van der Waals surface area (Å²) < 4.78 is 6.59. The summed E-state index contributed by atoms with van der Waals surface area (Å²) in [5.41, 5.74) is 3.04. The van der Waals surface area contributed by atoms with E-state index in [4.69, 9.17) is 4.74 Å². The fourth-order valence-electron chi connectivity index (χ4n) is 1.99. The van der Waals surface area contributed by atoms with Crippen LogP contribution in [0.2, 0.25) is 0 Å². The zero-order valence-corrected chi connectivity index (χ0v) is 11.9. The van der Waals surface area contributed by atoms with Gasteiger partial charge in [-0.3, -0.25) is 0 Å². The zero-order valence-electron chi connectivity index (χ0n) is 9.77. The van der Waals surface area contributed by atoms with Crippen LogP contribution in [0.5, 0.6) is 5.75 Å². The number of aromatic nitrogens is 2. The Bertz CT molecular complexity index is 706. The third-order valence-electron chi connectivity index (χ3n) is 2.87. The van der Waals surface area contributed by atoms with Crippen LogP contribution in [0, 0.1) is 3.57 Å². The molecule has 0 amide bonds. The number of nitrogens with zero attached hydrogens (tertiary/aromatic N) is 1. The fraction of sp³-hybridized carbons (Fsp3) is 0.0714. The number of nitrogens with one attached hydrogen (secondary N) is 1. The Labute approximate surface area is 118 Å². The standard InChI is InChI=1S/C14H11IN2O/c1-18-13-3-2-11(15)7-12(13)10-6-9-4-5-16-14(9)17-8-10/h2-8H,1H3,(H,16,17). The van der Waals surface area contributed by atoms with E-state index >= 15 is 0 Å². The van der Waals surface area contributed by atoms with Gasteiger partial charge in [0.25, 0.3) is 0 Å². The van der Waals surface area contributed by atoms with Crippen LogP contribution in [0.1, 0.15) is 0 Å². The molecule has 0 unspecified atom stereocenters. The van der Waals surface area contributed by atoms with E-state index < -0.39 is 0 Å². The van der Waals surface area contributed by atoms with Crippen molar-refractivity contribution in [3.63, 3.8) is 0 Å². The highest BCUT2D eigenvalue weighted by Crippen LogP contribution is 2.32. The topological polar surface area (TPSA) is 37.9 Å². The largest absolute Gasteiger partial charge is 0.496 e. The molecule has 1 N–H and O–H groups in total. The number of benzene rings is 1. The summed E-state index contributed by atoms with van der Waals surface area (Å²) >= 11 is 2.30. The van der Waals surface area contributed by atoms with Crippen LogP contribution in [0.3, 0.4) is 0 Å². The van der Waals surface area contributed by atoms with Crippen LogP contribution in [0.15, 0.2) is 42.7 Å². The number of ether oxygens (including phenoxy) is 1. The van der Waals surface area contributed by atoms with E-state index in [1.807, 2.05) is 30.6 Å². The predicted octanol–water partition coefficient (Wildman–Crippen LogP) is 3.84. The fourth-order valence-corrected chi connectivity index (χ4v) is 2.48. The van der Waals surface area contributed by atoms with Gasteiger partial charge in [0, 0.05) is 32.5 Å². The summed E-state index contributed by atoms with van der Waals surface area (Å²) in [5.74, 6) is 0.868. The van der Waals surface area contributed by atoms with Gasteiger partial charge in [-0.2, -0.15) is 0 Å². The van der Waals surface area contributed by atoms with Crippen molar-refractivity contribution in [2.75, 3.05) is 7.11 Å². The highest BCUT2D eigenvalue weighted by atomic mass is 127. The summed E-state index contributed by atoms with van der Waals surface area (Å²) in [6.45, 7) is 0. The van der Waals surface area contributed by atoms with E-state index in [1.54, 1.807) is 7.11 Å². The third kappa shape index (κ3) is 1.96. The van der Waals surface area contributed by atoms with Crippen LogP contribution in [0.4, 0.5) is 0 Å². The van der Waals surface area contributed by atoms with Crippen LogP contribution in [-0.2, 0) is 0 Å². The Balaban J connectivity index is 2.21. The zero-order chi connectivity index (χ0) is 12.5. The number of H-pyrrole nitrogens is 1. The average Bonchev–Trinajstić information content (AvgIpc) is 2.85. The van der Waals surface area contributed by atoms with Gasteiger partial charge >= 0.3 is 0 Å². The lowest BCUT2D eigenvalue weighted by atomic mass is 10.1. The van der Waals surface area contributed by atoms with Crippen LogP contribution < -0.4 is 4.74 Å². The molecule has 0 atom stereocenters. The number of pyridine rings is 1. The van der Waals surface area contributed by atoms with Crippen molar-refractivity contribution in [2.24, 2.45) is 0 Å². The third-order valence-corrected chi connectivity index (χ3v) is 3.54. The second kappa shape index (κ2) is 4.61. The summed E-state index contributed by atoms with van der Waals surface area (Å²) in [6.07, 6.45) is 3.76. The maximum Gasteiger partial charge on any atom is 0.137 e. The first-order valence-electron chi connectivity index (χ1n) is 5.55. The Hall–Kier alpha value is -1.56. The molecule has 0 spiro atoms. The SMILES string of the molecule is COc1ccc(I)cc1-c1cnc2[nH]ccc2c1. The number of hydrogen-bond donors (Lipinski definition) is 1. The molecule has 0 saturated heterocycles. The molecule has 3 nitrogen and oxygen atoms in total. The van der Waals surface area contributed by atoms with Gasteiger partial charge in [-0.05, 0) is 52.9 Å². The van der Waals surface area contributed by atoms with Crippen LogP contribution >= 0.6 is 22.6 Å². The van der Waals surface area contributed by atoms with Crippen LogP contribution in [-0.4, -0.2) is 17.1 Å². The molecule has 0 radical (unpaired) electrons. The Morgan fingerprint density at radius 2 is 2.11 bits per heavy atom. The predicted molar refractivity (Wildman–Crippen MR) is 80.8 cm³/mol. The van der Waals surface area contributed by atoms with Crippen molar-refractivity contribution >= 4 is 33.6 Å². The van der Waals surface area contributed by atoms with Gasteiger partial charge in [0.2, 0.25) is 0 Å². The molecule has 0 aliphatic heterocycles. The molecule has 0 aliphatic carbocycles. The van der Waals surface area contributed by atoms with Gasteiger partial charge in [0.05, 0.1) is 7.11 Å². The van der Waals surface area contributed by atoms with Crippen molar-refractivity contribution in [1.82, 2.24) is 9.97 Å². The molecule has 2 heterocycles. The molecule has 0 saturated carbocycles. The molecule has 3 rings (SSSR count). The highest BCUT2D eigenvalue weighted by molar-refractivity contribution is 14.1. The first kappa shape index (κ1) is 11.5. The molecule has 1 aromatic carbocycles. The van der Waals surface area contributed by atoms with Crippen LogP contribution in [0.25, 0.3) is 22.2 Å². The molecular weight excluding hydrogens is 339 g/mol. The van der Waals surface area contributed by atoms with Gasteiger partial charge in [-0.1, -0.05) is 0 Å². The molecule has 0 fully saturated rings. The normalized spacial score (nSPS) is 10.8. The van der Waals surface area contributed by atoms with Gasteiger partial charge in [-0.15, -0.1) is 0 Å². The maximum atomic E-state index is 5.41. The lowest BCUT2D eigenvalue weighted by Crippen LogP contribution is -1.89. The smallest absolute Gasteiger partial charge is 0.137 e. The Morgan fingerprint density at radius 3 is 2.94 bits per heavy atom. The number of aromatic amines is 1. The van der Waals surface area contributed by atoms with Crippen molar-refractivity contribution in [2.45, 2.75) is 0 Å². The molecular formula is C14H11IN2O. The minimum absolute atomic E-state index is 0.868. The van der Waals surface area contributed by atoms with E-state index in [-0.39, 0.29) is 0 Å². The molecule has 0 bridgehead atoms. The lowest BCUT2D eigenvalue weighted by Gasteiger charge is -2.09. The molecule has 90 valence electrons. The quantitative estimate of drug-likeness (QED) is 0.713. The Morgan fingerprint density at radius 1 is 1.22 bits per heavy atom. The van der Waals surface area contributed by atoms with Crippen molar-refractivity contribution in [1.29, 1.82) is 0 Å². The first-order chi connectivity index (χ1) is 8.78. The summed E-state index contributed by atoms with van der Waals surface area (Å²) in [5, 5.41) is 1.11. The molecule has 2 aromatic heterocycles. The lowest BCUT2D eigenvalue weighted by molar-refractivity contribution is 0.416. The van der Waals surface area contributed by atoms with Gasteiger partial charge < -0.3 is 9.72 Å². The van der Waals surface area contributed by atoms with E-state index in [9.17, 15) is 0 Å². The number of halogens is 1. The van der Waals surface area contributed by atoms with Crippen molar-refractivity contribution in [3.05, 3.63) is 46.3 Å². The molecule has 4 heteroatoms. The molecule has 18 heavy (non-hydrogen) atoms. The summed E-state index contributed by atoms with van der Waals surface area (Å²) in [6, 6.07) is 10.3. The van der Waals surface area contributed by atoms with E-state index in [2.05, 4.69) is 44.7 Å². The second-order valence-electron chi connectivity index (χ2n) is 3.98. The van der Waals surface area contributed by atoms with Crippen molar-refractivity contribution < 1.29 is 4.74 Å². The minimum atomic E-state index is 0.868. The maximum absolute atomic E-state index is 5.41. The van der Waals surface area contributed by atoms with Crippen molar-refractivity contribution in [3.8, 4) is 16.9 Å². The number of hydrogen-bond acceptors (Lipinski definition) is 2. The summed E-state index contributed by atoms with van der Waals surface area (Å²) in [4.78, 5) is 7.50. The number of rotatable bonds is 2. The Kier molecular flexibility index (Phi) is 2.95. The van der Waals surface area contributed by atoms with E-state index in [1.165, 1.54) is 3.57 Å². The average molecular weight is 350 g/mol. The van der Waals surface area contributed by atoms with Gasteiger partial charge in [0.15, 0.2) is 0 Å². The van der Waals surface area contributed by atoms with Gasteiger partial charge in [-0.25, -0.2) is 4.98 Å². The minimum Gasteiger partial charge on any atom is -0.496 e. The second-order valence-corrected chi connectivity index (χ2v) is 5.23. The highest BCUT2D eigenvalue weighted by Gasteiger charge is 2.08. The molecule has 3 aromatic rings. The van der Waals surface area contributed by atoms with E-state index in [0.29, 0.717) is 0 Å².